The number of esters is 1. The van der Waals surface area contributed by atoms with Crippen LogP contribution in [0.2, 0.25) is 0 Å². The fourth-order valence-electron chi connectivity index (χ4n) is 2.37. The van der Waals surface area contributed by atoms with Crippen molar-refractivity contribution in [3.05, 3.63) is 0 Å². The second kappa shape index (κ2) is 4.30. The van der Waals surface area contributed by atoms with Crippen LogP contribution in [0.25, 0.3) is 0 Å². The van der Waals surface area contributed by atoms with Crippen molar-refractivity contribution in [1.82, 2.24) is 0 Å². The summed E-state index contributed by atoms with van der Waals surface area (Å²) in [6.07, 6.45) is 2.72. The molecule has 0 saturated heterocycles. The van der Waals surface area contributed by atoms with Gasteiger partial charge in [0.15, 0.2) is 0 Å². The van der Waals surface area contributed by atoms with E-state index in [0.717, 1.165) is 19.3 Å². The van der Waals surface area contributed by atoms with Crippen molar-refractivity contribution < 1.29 is 9.53 Å². The van der Waals surface area contributed by atoms with Crippen molar-refractivity contribution in [3.8, 4) is 0 Å². The maximum Gasteiger partial charge on any atom is 0.309 e. The van der Waals surface area contributed by atoms with E-state index in [1.807, 2.05) is 6.92 Å². The topological polar surface area (TPSA) is 52.3 Å². The maximum atomic E-state index is 11.7. The molecule has 1 aliphatic rings. The molecule has 14 heavy (non-hydrogen) atoms. The average Bonchev–Trinajstić information content (AvgIpc) is 2.01. The molecule has 1 aliphatic carbocycles. The van der Waals surface area contributed by atoms with E-state index in [1.54, 1.807) is 0 Å². The number of hydrogen-bond donors (Lipinski definition) is 1. The van der Waals surface area contributed by atoms with Crippen LogP contribution in [-0.2, 0) is 9.53 Å². The Kier molecular flexibility index (Phi) is 3.53. The first-order valence-electron chi connectivity index (χ1n) is 5.39. The average molecular weight is 199 g/mol. The maximum absolute atomic E-state index is 11.7. The summed E-state index contributed by atoms with van der Waals surface area (Å²) >= 11 is 0. The van der Waals surface area contributed by atoms with Crippen LogP contribution < -0.4 is 5.73 Å². The summed E-state index contributed by atoms with van der Waals surface area (Å²) in [7, 11) is 0. The van der Waals surface area contributed by atoms with Crippen LogP contribution >= 0.6 is 0 Å². The monoisotopic (exact) mass is 199 g/mol. The molecule has 3 heteroatoms. The zero-order valence-corrected chi connectivity index (χ0v) is 9.38. The Labute approximate surface area is 86.0 Å². The Bertz CT molecular complexity index is 213. The molecule has 1 saturated carbocycles. The smallest absolute Gasteiger partial charge is 0.309 e. The van der Waals surface area contributed by atoms with E-state index in [4.69, 9.17) is 10.5 Å². The molecule has 0 heterocycles. The second-order valence-corrected chi connectivity index (χ2v) is 4.83. The molecule has 0 aromatic rings. The fourth-order valence-corrected chi connectivity index (χ4v) is 2.37. The highest BCUT2D eigenvalue weighted by atomic mass is 16.5. The van der Waals surface area contributed by atoms with Gasteiger partial charge in [-0.25, -0.2) is 0 Å². The molecule has 0 spiro atoms. The van der Waals surface area contributed by atoms with Gasteiger partial charge in [0, 0.05) is 6.04 Å². The van der Waals surface area contributed by atoms with Gasteiger partial charge in [0.1, 0.15) is 0 Å². The standard InChI is InChI=1S/C11H21NO2/c1-4-14-10(13)9-6-5-8(12)7-11(9,2)3/h8-9H,4-7,12H2,1-3H3. The number of carbonyl (C=O) groups excluding carboxylic acids is 1. The minimum absolute atomic E-state index is 0.0100. The molecule has 82 valence electrons. The van der Waals surface area contributed by atoms with Crippen LogP contribution in [0.3, 0.4) is 0 Å². The normalized spacial score (nSPS) is 31.1. The lowest BCUT2D eigenvalue weighted by Crippen LogP contribution is -2.42. The molecule has 0 amide bonds. The van der Waals surface area contributed by atoms with Crippen molar-refractivity contribution in [2.75, 3.05) is 6.61 Å². The van der Waals surface area contributed by atoms with E-state index in [2.05, 4.69) is 13.8 Å². The summed E-state index contributed by atoms with van der Waals surface area (Å²) in [5.74, 6) is -0.0216. The molecule has 0 aliphatic heterocycles. The van der Waals surface area contributed by atoms with Gasteiger partial charge >= 0.3 is 5.97 Å². The van der Waals surface area contributed by atoms with Crippen LogP contribution in [0.5, 0.6) is 0 Å². The van der Waals surface area contributed by atoms with Crippen LogP contribution in [0.15, 0.2) is 0 Å². The summed E-state index contributed by atoms with van der Waals surface area (Å²) in [5, 5.41) is 0. The third kappa shape index (κ3) is 2.47. The summed E-state index contributed by atoms with van der Waals surface area (Å²) in [4.78, 5) is 11.7. The van der Waals surface area contributed by atoms with E-state index in [9.17, 15) is 4.79 Å². The number of carbonyl (C=O) groups is 1. The molecule has 1 rings (SSSR count). The van der Waals surface area contributed by atoms with Gasteiger partial charge in [0.05, 0.1) is 12.5 Å². The molecule has 0 bridgehead atoms. The van der Waals surface area contributed by atoms with Crippen molar-refractivity contribution in [3.63, 3.8) is 0 Å². The Balaban J connectivity index is 2.64. The highest BCUT2D eigenvalue weighted by Gasteiger charge is 2.40. The number of rotatable bonds is 2. The van der Waals surface area contributed by atoms with Gasteiger partial charge in [-0.05, 0) is 31.6 Å². The Morgan fingerprint density at radius 3 is 2.64 bits per heavy atom. The zero-order chi connectivity index (χ0) is 10.8. The molecule has 2 unspecified atom stereocenters. The van der Waals surface area contributed by atoms with Gasteiger partial charge in [-0.15, -0.1) is 0 Å². The SMILES string of the molecule is CCOC(=O)C1CCC(N)CC1(C)C. The van der Waals surface area contributed by atoms with E-state index in [0.29, 0.717) is 6.61 Å². The number of hydrogen-bond acceptors (Lipinski definition) is 3. The van der Waals surface area contributed by atoms with Gasteiger partial charge in [-0.3, -0.25) is 4.79 Å². The van der Waals surface area contributed by atoms with Crippen molar-refractivity contribution >= 4 is 5.97 Å². The third-order valence-electron chi connectivity index (χ3n) is 3.13. The minimum Gasteiger partial charge on any atom is -0.466 e. The molecular weight excluding hydrogens is 178 g/mol. The first-order chi connectivity index (χ1) is 6.47. The first kappa shape index (κ1) is 11.5. The van der Waals surface area contributed by atoms with Gasteiger partial charge < -0.3 is 10.5 Å². The van der Waals surface area contributed by atoms with E-state index in [-0.39, 0.29) is 23.3 Å². The summed E-state index contributed by atoms with van der Waals surface area (Å²) in [6.45, 7) is 6.53. The molecule has 2 N–H and O–H groups in total. The molecule has 0 aromatic carbocycles. The van der Waals surface area contributed by atoms with E-state index >= 15 is 0 Å². The van der Waals surface area contributed by atoms with Crippen LogP contribution in [0.1, 0.15) is 40.0 Å². The summed E-state index contributed by atoms with van der Waals surface area (Å²) in [5.41, 5.74) is 5.88. The first-order valence-corrected chi connectivity index (χ1v) is 5.39. The summed E-state index contributed by atoms with van der Waals surface area (Å²) < 4.78 is 5.07. The molecule has 0 radical (unpaired) electrons. The Morgan fingerprint density at radius 1 is 1.50 bits per heavy atom. The molecule has 0 aromatic heterocycles. The van der Waals surface area contributed by atoms with Crippen LogP contribution in [0, 0.1) is 11.3 Å². The van der Waals surface area contributed by atoms with Gasteiger partial charge in [-0.2, -0.15) is 0 Å². The lowest BCUT2D eigenvalue weighted by Gasteiger charge is -2.39. The lowest BCUT2D eigenvalue weighted by molar-refractivity contribution is -0.154. The predicted octanol–water partition coefficient (Wildman–Crippen LogP) is 1.70. The largest absolute Gasteiger partial charge is 0.466 e. The number of ether oxygens (including phenoxy) is 1. The second-order valence-electron chi connectivity index (χ2n) is 4.83. The number of nitrogens with two attached hydrogens (primary N) is 1. The fraction of sp³-hybridized carbons (Fsp3) is 0.909. The van der Waals surface area contributed by atoms with E-state index in [1.165, 1.54) is 0 Å². The predicted molar refractivity (Wildman–Crippen MR) is 55.7 cm³/mol. The lowest BCUT2D eigenvalue weighted by atomic mass is 9.67. The summed E-state index contributed by atoms with van der Waals surface area (Å²) in [6, 6.07) is 0.246. The van der Waals surface area contributed by atoms with E-state index < -0.39 is 0 Å². The van der Waals surface area contributed by atoms with Crippen molar-refractivity contribution in [2.24, 2.45) is 17.1 Å². The minimum atomic E-state index is -0.0515. The van der Waals surface area contributed by atoms with Gasteiger partial charge in [-0.1, -0.05) is 13.8 Å². The van der Waals surface area contributed by atoms with Crippen molar-refractivity contribution in [1.29, 1.82) is 0 Å². The third-order valence-corrected chi connectivity index (χ3v) is 3.13. The highest BCUT2D eigenvalue weighted by Crippen LogP contribution is 2.40. The van der Waals surface area contributed by atoms with Gasteiger partial charge in [0.2, 0.25) is 0 Å². The Morgan fingerprint density at radius 2 is 2.14 bits per heavy atom. The van der Waals surface area contributed by atoms with Crippen LogP contribution in [-0.4, -0.2) is 18.6 Å². The van der Waals surface area contributed by atoms with Crippen molar-refractivity contribution in [2.45, 2.75) is 46.1 Å². The molecule has 3 nitrogen and oxygen atoms in total. The Hall–Kier alpha value is -0.570. The molecule has 2 atom stereocenters. The van der Waals surface area contributed by atoms with Crippen LogP contribution in [0.4, 0.5) is 0 Å². The molecular formula is C11H21NO2. The quantitative estimate of drug-likeness (QED) is 0.689. The molecule has 1 fully saturated rings. The zero-order valence-electron chi connectivity index (χ0n) is 9.38. The van der Waals surface area contributed by atoms with Gasteiger partial charge in [0.25, 0.3) is 0 Å². The highest BCUT2D eigenvalue weighted by molar-refractivity contribution is 5.73.